The first-order valence-corrected chi connectivity index (χ1v) is 9.54. The number of carbonyl (C=O) groups excluding carboxylic acids is 3. The molecule has 7 heteroatoms. The molecule has 29 heavy (non-hydrogen) atoms. The van der Waals surface area contributed by atoms with Crippen LogP contribution in [0.2, 0.25) is 0 Å². The fraction of sp³-hybridized carbons (Fsp3) is 0.409. The van der Waals surface area contributed by atoms with E-state index in [4.69, 9.17) is 14.2 Å². The fourth-order valence-corrected chi connectivity index (χ4v) is 2.82. The average molecular weight is 401 g/mol. The van der Waals surface area contributed by atoms with Crippen LogP contribution < -0.4 is 4.74 Å². The Morgan fingerprint density at radius 2 is 1.55 bits per heavy atom. The van der Waals surface area contributed by atoms with Crippen LogP contribution in [0, 0.1) is 19.8 Å². The van der Waals surface area contributed by atoms with Crippen LogP contribution in [0.1, 0.15) is 63.2 Å². The second-order valence-electron chi connectivity index (χ2n) is 7.07. The molecule has 0 aliphatic heterocycles. The van der Waals surface area contributed by atoms with Gasteiger partial charge in [-0.1, -0.05) is 13.8 Å². The molecule has 0 aliphatic carbocycles. The first-order chi connectivity index (χ1) is 13.7. The van der Waals surface area contributed by atoms with E-state index in [1.165, 1.54) is 0 Å². The van der Waals surface area contributed by atoms with Crippen molar-refractivity contribution in [2.75, 3.05) is 19.8 Å². The predicted octanol–water partition coefficient (Wildman–Crippen LogP) is 3.88. The summed E-state index contributed by atoms with van der Waals surface area (Å²) in [4.78, 5) is 40.0. The average Bonchev–Trinajstić information content (AvgIpc) is 2.98. The summed E-state index contributed by atoms with van der Waals surface area (Å²) in [6.45, 7) is 9.45. The number of carbonyl (C=O) groups is 3. The van der Waals surface area contributed by atoms with Crippen LogP contribution in [0.25, 0.3) is 0 Å². The number of rotatable bonds is 9. The molecule has 2 rings (SSSR count). The maximum absolute atomic E-state index is 12.6. The summed E-state index contributed by atoms with van der Waals surface area (Å²) in [5.41, 5.74) is 1.73. The van der Waals surface area contributed by atoms with E-state index in [0.29, 0.717) is 35.2 Å². The summed E-state index contributed by atoms with van der Waals surface area (Å²) in [5.74, 6) is -0.632. The number of H-pyrrole nitrogens is 1. The van der Waals surface area contributed by atoms with Crippen molar-refractivity contribution in [3.8, 4) is 5.75 Å². The number of hydrogen-bond donors (Lipinski definition) is 1. The number of nitrogens with one attached hydrogen (secondary N) is 1. The van der Waals surface area contributed by atoms with Crippen molar-refractivity contribution in [2.45, 2.75) is 34.6 Å². The molecule has 0 aliphatic rings. The Balaban J connectivity index is 2.04. The largest absolute Gasteiger partial charge is 0.493 e. The highest BCUT2D eigenvalue weighted by Gasteiger charge is 2.26. The SMILES string of the molecule is CCOC(=O)c1c(C)[nH]c(C)c1C(=O)COC(=O)c1ccc(OCC(C)C)cc1. The number of ketones is 1. The van der Waals surface area contributed by atoms with Crippen molar-refractivity contribution in [3.63, 3.8) is 0 Å². The van der Waals surface area contributed by atoms with Crippen LogP contribution in [0.15, 0.2) is 24.3 Å². The molecule has 7 nitrogen and oxygen atoms in total. The summed E-state index contributed by atoms with van der Waals surface area (Å²) < 4.78 is 15.7. The van der Waals surface area contributed by atoms with Crippen LogP contribution in [0.3, 0.4) is 0 Å². The molecule has 0 saturated carbocycles. The van der Waals surface area contributed by atoms with Gasteiger partial charge >= 0.3 is 11.9 Å². The quantitative estimate of drug-likeness (QED) is 0.506. The molecule has 0 fully saturated rings. The molecule has 0 unspecified atom stereocenters. The van der Waals surface area contributed by atoms with E-state index in [1.807, 2.05) is 13.8 Å². The van der Waals surface area contributed by atoms with Crippen molar-refractivity contribution in [3.05, 3.63) is 52.3 Å². The van der Waals surface area contributed by atoms with Crippen molar-refractivity contribution in [1.82, 2.24) is 4.98 Å². The third-order valence-corrected chi connectivity index (χ3v) is 4.14. The standard InChI is InChI=1S/C22H27NO6/c1-6-27-22(26)20-15(5)23-14(4)19(20)18(24)12-29-21(25)16-7-9-17(10-8-16)28-11-13(2)3/h7-10,13,23H,6,11-12H2,1-5H3. The van der Waals surface area contributed by atoms with Gasteiger partial charge in [0.05, 0.1) is 29.9 Å². The topological polar surface area (TPSA) is 94.7 Å². The number of Topliss-reactive ketones (excluding diaryl/α,β-unsaturated/α-hetero) is 1. The minimum absolute atomic E-state index is 0.178. The Morgan fingerprint density at radius 1 is 0.931 bits per heavy atom. The van der Waals surface area contributed by atoms with Crippen molar-refractivity contribution >= 4 is 17.7 Å². The summed E-state index contributed by atoms with van der Waals surface area (Å²) in [6.07, 6.45) is 0. The zero-order valence-electron chi connectivity index (χ0n) is 17.5. The van der Waals surface area contributed by atoms with Crippen molar-refractivity contribution in [2.24, 2.45) is 5.92 Å². The zero-order chi connectivity index (χ0) is 21.6. The zero-order valence-corrected chi connectivity index (χ0v) is 17.5. The summed E-state index contributed by atoms with van der Waals surface area (Å²) in [5, 5.41) is 0. The van der Waals surface area contributed by atoms with Gasteiger partial charge in [0, 0.05) is 11.4 Å². The lowest BCUT2D eigenvalue weighted by Gasteiger charge is -2.09. The molecule has 2 aromatic rings. The van der Waals surface area contributed by atoms with Gasteiger partial charge in [0.1, 0.15) is 5.75 Å². The minimum atomic E-state index is -0.628. The Morgan fingerprint density at radius 3 is 2.14 bits per heavy atom. The van der Waals surface area contributed by atoms with Gasteiger partial charge in [-0.2, -0.15) is 0 Å². The monoisotopic (exact) mass is 401 g/mol. The number of benzene rings is 1. The van der Waals surface area contributed by atoms with E-state index >= 15 is 0 Å². The number of aryl methyl sites for hydroxylation is 2. The lowest BCUT2D eigenvalue weighted by molar-refractivity contribution is 0.0472. The highest BCUT2D eigenvalue weighted by atomic mass is 16.5. The molecule has 0 saturated heterocycles. The molecule has 0 atom stereocenters. The normalized spacial score (nSPS) is 10.7. The van der Waals surface area contributed by atoms with Gasteiger partial charge in [-0.25, -0.2) is 9.59 Å². The molecule has 1 aromatic carbocycles. The van der Waals surface area contributed by atoms with Gasteiger partial charge in [-0.15, -0.1) is 0 Å². The van der Waals surface area contributed by atoms with Crippen LogP contribution in [0.5, 0.6) is 5.75 Å². The maximum atomic E-state index is 12.6. The molecule has 0 spiro atoms. The minimum Gasteiger partial charge on any atom is -0.493 e. The highest BCUT2D eigenvalue weighted by Crippen LogP contribution is 2.21. The van der Waals surface area contributed by atoms with Crippen LogP contribution in [0.4, 0.5) is 0 Å². The van der Waals surface area contributed by atoms with Crippen LogP contribution in [-0.2, 0) is 9.47 Å². The Bertz CT molecular complexity index is 879. The van der Waals surface area contributed by atoms with Crippen molar-refractivity contribution in [1.29, 1.82) is 0 Å². The number of aromatic amines is 1. The molecule has 0 bridgehead atoms. The molecular weight excluding hydrogens is 374 g/mol. The third-order valence-electron chi connectivity index (χ3n) is 4.14. The van der Waals surface area contributed by atoms with Gasteiger partial charge in [0.25, 0.3) is 0 Å². The number of esters is 2. The van der Waals surface area contributed by atoms with Crippen LogP contribution in [-0.4, -0.2) is 42.5 Å². The molecule has 1 N–H and O–H groups in total. The fourth-order valence-electron chi connectivity index (χ4n) is 2.82. The molecular formula is C22H27NO6. The van der Waals surface area contributed by atoms with E-state index in [9.17, 15) is 14.4 Å². The molecule has 1 heterocycles. The van der Waals surface area contributed by atoms with E-state index in [0.717, 1.165) is 0 Å². The highest BCUT2D eigenvalue weighted by molar-refractivity contribution is 6.09. The van der Waals surface area contributed by atoms with Gasteiger partial charge in [-0.05, 0) is 51.0 Å². The second-order valence-corrected chi connectivity index (χ2v) is 7.07. The molecule has 156 valence electrons. The van der Waals surface area contributed by atoms with Crippen molar-refractivity contribution < 1.29 is 28.6 Å². The van der Waals surface area contributed by atoms with E-state index in [1.54, 1.807) is 45.0 Å². The lowest BCUT2D eigenvalue weighted by atomic mass is 10.1. The Hall–Kier alpha value is -3.09. The van der Waals surface area contributed by atoms with Gasteiger partial charge in [0.2, 0.25) is 5.78 Å². The summed E-state index contributed by atoms with van der Waals surface area (Å²) >= 11 is 0. The molecule has 0 amide bonds. The first-order valence-electron chi connectivity index (χ1n) is 9.54. The lowest BCUT2D eigenvalue weighted by Crippen LogP contribution is -2.18. The molecule has 1 aromatic heterocycles. The molecule has 0 radical (unpaired) electrons. The van der Waals surface area contributed by atoms with E-state index < -0.39 is 24.3 Å². The van der Waals surface area contributed by atoms with Gasteiger partial charge < -0.3 is 19.2 Å². The number of aromatic nitrogens is 1. The Labute approximate surface area is 170 Å². The van der Waals surface area contributed by atoms with E-state index in [2.05, 4.69) is 4.98 Å². The first kappa shape index (κ1) is 22.2. The summed E-state index contributed by atoms with van der Waals surface area (Å²) in [7, 11) is 0. The Kier molecular flexibility index (Phi) is 7.59. The van der Waals surface area contributed by atoms with E-state index in [-0.39, 0.29) is 17.7 Å². The number of hydrogen-bond acceptors (Lipinski definition) is 6. The van der Waals surface area contributed by atoms with Gasteiger partial charge in [0.15, 0.2) is 6.61 Å². The van der Waals surface area contributed by atoms with Crippen LogP contribution >= 0.6 is 0 Å². The maximum Gasteiger partial charge on any atom is 0.340 e. The van der Waals surface area contributed by atoms with Gasteiger partial charge in [-0.3, -0.25) is 4.79 Å². The third kappa shape index (κ3) is 5.70. The summed E-state index contributed by atoms with van der Waals surface area (Å²) in [6, 6.07) is 6.52. The smallest absolute Gasteiger partial charge is 0.340 e. The number of ether oxygens (including phenoxy) is 3. The second kappa shape index (κ2) is 9.91. The predicted molar refractivity (Wildman–Crippen MR) is 108 cm³/mol.